The van der Waals surface area contributed by atoms with Crippen LogP contribution in [0, 0.1) is 0 Å². The summed E-state index contributed by atoms with van der Waals surface area (Å²) in [7, 11) is 0. The van der Waals surface area contributed by atoms with Crippen LogP contribution in [0.3, 0.4) is 0 Å². The molecule has 0 aromatic rings. The van der Waals surface area contributed by atoms with Crippen LogP contribution in [0.25, 0.3) is 0 Å². The maximum absolute atomic E-state index is 5.36. The number of hydrogen-bond donors (Lipinski definition) is 1. The van der Waals surface area contributed by atoms with Gasteiger partial charge >= 0.3 is 0 Å². The third-order valence-electron chi connectivity index (χ3n) is 1.50. The first-order chi connectivity index (χ1) is 5.57. The van der Waals surface area contributed by atoms with Crippen LogP contribution in [-0.2, 0) is 0 Å². The lowest BCUT2D eigenvalue weighted by Crippen LogP contribution is -1.89. The summed E-state index contributed by atoms with van der Waals surface area (Å²) in [5, 5.41) is 0. The minimum atomic E-state index is 0.542. The molecule has 0 amide bonds. The number of nitrogens with two attached hydrogens (primary N) is 1. The Kier molecular flexibility index (Phi) is 4.86. The summed E-state index contributed by atoms with van der Waals surface area (Å²) in [6.45, 7) is 13.4. The summed E-state index contributed by atoms with van der Waals surface area (Å²) in [4.78, 5) is 0. The molecule has 12 heavy (non-hydrogen) atoms. The average molecular weight is 163 g/mol. The highest BCUT2D eigenvalue weighted by Crippen LogP contribution is 2.12. The van der Waals surface area contributed by atoms with Crippen LogP contribution in [0.15, 0.2) is 48.7 Å². The van der Waals surface area contributed by atoms with Crippen molar-refractivity contribution in [1.82, 2.24) is 0 Å². The van der Waals surface area contributed by atoms with Crippen molar-refractivity contribution >= 4 is 0 Å². The predicted molar refractivity (Wildman–Crippen MR) is 55.7 cm³/mol. The van der Waals surface area contributed by atoms with Gasteiger partial charge in [-0.3, -0.25) is 0 Å². The van der Waals surface area contributed by atoms with Gasteiger partial charge in [-0.25, -0.2) is 0 Å². The highest BCUT2D eigenvalue weighted by Gasteiger charge is 1.93. The van der Waals surface area contributed by atoms with Gasteiger partial charge in [-0.2, -0.15) is 0 Å². The van der Waals surface area contributed by atoms with Gasteiger partial charge in [0, 0.05) is 5.70 Å². The predicted octanol–water partition coefficient (Wildman–Crippen LogP) is 2.93. The molecular weight excluding hydrogens is 146 g/mol. The maximum Gasteiger partial charge on any atom is 0.0241 e. The lowest BCUT2D eigenvalue weighted by Gasteiger charge is -2.02. The molecule has 0 aliphatic carbocycles. The van der Waals surface area contributed by atoms with Gasteiger partial charge in [-0.15, -0.1) is 0 Å². The lowest BCUT2D eigenvalue weighted by molar-refractivity contribution is 0.922. The van der Waals surface area contributed by atoms with E-state index in [1.807, 2.05) is 6.08 Å². The molecule has 0 unspecified atom stereocenters. The molecule has 0 aromatic carbocycles. The molecule has 2 N–H and O–H groups in total. The molecule has 1 heteroatoms. The van der Waals surface area contributed by atoms with Crippen LogP contribution in [0.2, 0.25) is 0 Å². The molecule has 0 radical (unpaired) electrons. The molecule has 0 aliphatic rings. The van der Waals surface area contributed by atoms with E-state index in [4.69, 9.17) is 5.73 Å². The first kappa shape index (κ1) is 10.8. The summed E-state index contributed by atoms with van der Waals surface area (Å²) >= 11 is 0. The highest BCUT2D eigenvalue weighted by atomic mass is 14.5. The van der Waals surface area contributed by atoms with Gasteiger partial charge in [-0.1, -0.05) is 39.2 Å². The van der Waals surface area contributed by atoms with E-state index in [2.05, 4.69) is 26.7 Å². The van der Waals surface area contributed by atoms with E-state index in [1.165, 1.54) is 0 Å². The minimum absolute atomic E-state index is 0.542. The van der Waals surface area contributed by atoms with Crippen molar-refractivity contribution in [3.05, 3.63) is 48.7 Å². The van der Waals surface area contributed by atoms with Crippen molar-refractivity contribution in [2.75, 3.05) is 0 Å². The smallest absolute Gasteiger partial charge is 0.0241 e. The van der Waals surface area contributed by atoms with Gasteiger partial charge in [0.15, 0.2) is 0 Å². The molecule has 66 valence electrons. The Balaban J connectivity index is 4.04. The first-order valence-corrected chi connectivity index (χ1v) is 4.07. The van der Waals surface area contributed by atoms with E-state index in [1.54, 1.807) is 6.08 Å². The SMILES string of the molecule is C=C(N)/C=C\C(=C)C(=C)CCC. The molecule has 0 aromatic heterocycles. The Morgan fingerprint density at radius 3 is 2.25 bits per heavy atom. The molecule has 0 saturated heterocycles. The molecule has 0 rings (SSSR count). The summed E-state index contributed by atoms with van der Waals surface area (Å²) in [5.41, 5.74) is 7.90. The molecular formula is C11H17N. The number of rotatable bonds is 5. The summed E-state index contributed by atoms with van der Waals surface area (Å²) in [5.74, 6) is 0. The second kappa shape index (κ2) is 5.42. The van der Waals surface area contributed by atoms with E-state index in [0.717, 1.165) is 24.0 Å². The maximum atomic E-state index is 5.36. The fraction of sp³-hybridized carbons (Fsp3) is 0.273. The minimum Gasteiger partial charge on any atom is -0.399 e. The van der Waals surface area contributed by atoms with E-state index in [0.29, 0.717) is 5.70 Å². The summed E-state index contributed by atoms with van der Waals surface area (Å²) in [6.07, 6.45) is 5.67. The fourth-order valence-corrected chi connectivity index (χ4v) is 0.788. The molecule has 0 saturated carbocycles. The molecule has 0 atom stereocenters. The van der Waals surface area contributed by atoms with Gasteiger partial charge in [0.25, 0.3) is 0 Å². The van der Waals surface area contributed by atoms with Crippen LogP contribution in [0.5, 0.6) is 0 Å². The van der Waals surface area contributed by atoms with E-state index in [9.17, 15) is 0 Å². The Hall–Kier alpha value is -1.24. The van der Waals surface area contributed by atoms with Crippen LogP contribution in [0.1, 0.15) is 19.8 Å². The van der Waals surface area contributed by atoms with Crippen molar-refractivity contribution in [2.24, 2.45) is 5.73 Å². The van der Waals surface area contributed by atoms with Gasteiger partial charge in [-0.05, 0) is 23.6 Å². The summed E-state index contributed by atoms with van der Waals surface area (Å²) < 4.78 is 0. The van der Waals surface area contributed by atoms with Crippen molar-refractivity contribution in [3.8, 4) is 0 Å². The molecule has 0 aliphatic heterocycles. The van der Waals surface area contributed by atoms with Gasteiger partial charge in [0.2, 0.25) is 0 Å². The largest absolute Gasteiger partial charge is 0.399 e. The van der Waals surface area contributed by atoms with Crippen LogP contribution in [-0.4, -0.2) is 0 Å². The topological polar surface area (TPSA) is 26.0 Å². The second-order valence-electron chi connectivity index (χ2n) is 2.79. The standard InChI is InChI=1S/C11H17N/c1-5-6-9(2)10(3)7-8-11(4)12/h7-8H,2-6,12H2,1H3/b8-7-. The lowest BCUT2D eigenvalue weighted by atomic mass is 10.0. The molecule has 1 nitrogen and oxygen atoms in total. The summed E-state index contributed by atoms with van der Waals surface area (Å²) in [6, 6.07) is 0. The zero-order valence-electron chi connectivity index (χ0n) is 7.77. The second-order valence-corrected chi connectivity index (χ2v) is 2.79. The van der Waals surface area contributed by atoms with Crippen molar-refractivity contribution < 1.29 is 0 Å². The van der Waals surface area contributed by atoms with Crippen molar-refractivity contribution in [2.45, 2.75) is 19.8 Å². The first-order valence-electron chi connectivity index (χ1n) is 4.07. The molecule has 0 fully saturated rings. The van der Waals surface area contributed by atoms with E-state index in [-0.39, 0.29) is 0 Å². The normalized spacial score (nSPS) is 10.1. The zero-order chi connectivity index (χ0) is 9.56. The van der Waals surface area contributed by atoms with Crippen molar-refractivity contribution in [3.63, 3.8) is 0 Å². The van der Waals surface area contributed by atoms with Crippen LogP contribution in [0.4, 0.5) is 0 Å². The Morgan fingerprint density at radius 2 is 1.83 bits per heavy atom. The van der Waals surface area contributed by atoms with Gasteiger partial charge in [0.05, 0.1) is 0 Å². The zero-order valence-corrected chi connectivity index (χ0v) is 7.77. The highest BCUT2D eigenvalue weighted by molar-refractivity contribution is 5.37. The van der Waals surface area contributed by atoms with Gasteiger partial charge in [0.1, 0.15) is 0 Å². The van der Waals surface area contributed by atoms with Crippen LogP contribution < -0.4 is 5.73 Å². The van der Waals surface area contributed by atoms with Crippen LogP contribution >= 0.6 is 0 Å². The third-order valence-corrected chi connectivity index (χ3v) is 1.50. The Bertz CT molecular complexity index is 221. The molecule has 0 heterocycles. The van der Waals surface area contributed by atoms with E-state index >= 15 is 0 Å². The van der Waals surface area contributed by atoms with E-state index < -0.39 is 0 Å². The quantitative estimate of drug-likeness (QED) is 0.619. The third kappa shape index (κ3) is 4.56. The monoisotopic (exact) mass is 163 g/mol. The fourth-order valence-electron chi connectivity index (χ4n) is 0.788. The molecule has 0 spiro atoms. The Morgan fingerprint density at radius 1 is 1.25 bits per heavy atom. The number of allylic oxidation sites excluding steroid dienone is 4. The molecule has 0 bridgehead atoms. The number of hydrogen-bond acceptors (Lipinski definition) is 1. The van der Waals surface area contributed by atoms with Gasteiger partial charge < -0.3 is 5.73 Å². The Labute approximate surface area is 75.0 Å². The van der Waals surface area contributed by atoms with Crippen molar-refractivity contribution in [1.29, 1.82) is 0 Å². The average Bonchev–Trinajstić information content (AvgIpc) is 2.00.